The van der Waals surface area contributed by atoms with Crippen LogP contribution in [0.15, 0.2) is 61.2 Å². The SMILES string of the molecule is C=CCOc1ccc(C(=O)NC2CCc3ccccc32)cc1. The Kier molecular flexibility index (Phi) is 4.24. The Morgan fingerprint density at radius 3 is 2.77 bits per heavy atom. The monoisotopic (exact) mass is 293 g/mol. The van der Waals surface area contributed by atoms with Crippen molar-refractivity contribution in [3.8, 4) is 5.75 Å². The van der Waals surface area contributed by atoms with Gasteiger partial charge in [0.1, 0.15) is 12.4 Å². The molecule has 1 N–H and O–H groups in total. The van der Waals surface area contributed by atoms with Crippen molar-refractivity contribution < 1.29 is 9.53 Å². The zero-order chi connectivity index (χ0) is 15.4. The van der Waals surface area contributed by atoms with Gasteiger partial charge in [-0.3, -0.25) is 4.79 Å². The lowest BCUT2D eigenvalue weighted by atomic mass is 10.1. The van der Waals surface area contributed by atoms with Crippen LogP contribution in [0.1, 0.15) is 33.9 Å². The van der Waals surface area contributed by atoms with Gasteiger partial charge in [-0.05, 0) is 48.2 Å². The zero-order valence-electron chi connectivity index (χ0n) is 12.4. The fraction of sp³-hybridized carbons (Fsp3) is 0.211. The molecule has 22 heavy (non-hydrogen) atoms. The maximum atomic E-state index is 12.4. The topological polar surface area (TPSA) is 38.3 Å². The summed E-state index contributed by atoms with van der Waals surface area (Å²) in [7, 11) is 0. The molecule has 0 spiro atoms. The van der Waals surface area contributed by atoms with Crippen LogP contribution >= 0.6 is 0 Å². The van der Waals surface area contributed by atoms with E-state index >= 15 is 0 Å². The molecule has 1 atom stereocenters. The molecule has 0 aliphatic heterocycles. The number of benzene rings is 2. The second-order valence-electron chi connectivity index (χ2n) is 5.39. The second-order valence-corrected chi connectivity index (χ2v) is 5.39. The van der Waals surface area contributed by atoms with Gasteiger partial charge in [-0.2, -0.15) is 0 Å². The Morgan fingerprint density at radius 1 is 1.23 bits per heavy atom. The van der Waals surface area contributed by atoms with Crippen LogP contribution < -0.4 is 10.1 Å². The van der Waals surface area contributed by atoms with Gasteiger partial charge in [0.25, 0.3) is 5.91 Å². The molecular weight excluding hydrogens is 274 g/mol. The molecule has 0 heterocycles. The summed E-state index contributed by atoms with van der Waals surface area (Å²) in [5, 5.41) is 3.12. The number of carbonyl (C=O) groups excluding carboxylic acids is 1. The standard InChI is InChI=1S/C19H19NO2/c1-2-13-22-16-10-7-15(8-11-16)19(21)20-18-12-9-14-5-3-4-6-17(14)18/h2-8,10-11,18H,1,9,12-13H2,(H,20,21). The molecule has 2 aromatic carbocycles. The third kappa shape index (κ3) is 3.03. The van der Waals surface area contributed by atoms with Gasteiger partial charge >= 0.3 is 0 Å². The molecular formula is C19H19NO2. The van der Waals surface area contributed by atoms with Gasteiger partial charge in [-0.1, -0.05) is 36.9 Å². The number of nitrogens with one attached hydrogen (secondary N) is 1. The maximum absolute atomic E-state index is 12.4. The quantitative estimate of drug-likeness (QED) is 0.854. The molecule has 1 amide bonds. The van der Waals surface area contributed by atoms with Gasteiger partial charge < -0.3 is 10.1 Å². The molecule has 1 unspecified atom stereocenters. The lowest BCUT2D eigenvalue weighted by Gasteiger charge is -2.14. The zero-order valence-corrected chi connectivity index (χ0v) is 12.4. The highest BCUT2D eigenvalue weighted by Gasteiger charge is 2.23. The molecule has 0 fully saturated rings. The normalized spacial score (nSPS) is 15.9. The first-order valence-corrected chi connectivity index (χ1v) is 7.50. The van der Waals surface area contributed by atoms with Gasteiger partial charge in [-0.15, -0.1) is 0 Å². The van der Waals surface area contributed by atoms with Crippen molar-refractivity contribution in [3.63, 3.8) is 0 Å². The summed E-state index contributed by atoms with van der Waals surface area (Å²) in [5.74, 6) is 0.694. The van der Waals surface area contributed by atoms with Crippen LogP contribution in [-0.4, -0.2) is 12.5 Å². The summed E-state index contributed by atoms with van der Waals surface area (Å²) < 4.78 is 5.42. The number of ether oxygens (including phenoxy) is 1. The summed E-state index contributed by atoms with van der Waals surface area (Å²) >= 11 is 0. The first-order valence-electron chi connectivity index (χ1n) is 7.50. The molecule has 0 aromatic heterocycles. The Hall–Kier alpha value is -2.55. The van der Waals surface area contributed by atoms with E-state index in [2.05, 4.69) is 24.0 Å². The minimum absolute atomic E-state index is 0.0445. The van der Waals surface area contributed by atoms with Crippen LogP contribution in [0.5, 0.6) is 5.75 Å². The van der Waals surface area contributed by atoms with Crippen LogP contribution in [0, 0.1) is 0 Å². The number of carbonyl (C=O) groups is 1. The molecule has 0 saturated carbocycles. The Balaban J connectivity index is 1.66. The molecule has 1 aliphatic carbocycles. The van der Waals surface area contributed by atoms with E-state index in [0.717, 1.165) is 18.6 Å². The molecule has 0 saturated heterocycles. The highest BCUT2D eigenvalue weighted by atomic mass is 16.5. The first kappa shape index (κ1) is 14.4. The minimum Gasteiger partial charge on any atom is -0.490 e. The van der Waals surface area contributed by atoms with E-state index < -0.39 is 0 Å². The van der Waals surface area contributed by atoms with Crippen LogP contribution in [0.2, 0.25) is 0 Å². The Morgan fingerprint density at radius 2 is 2.00 bits per heavy atom. The van der Waals surface area contributed by atoms with Crippen LogP contribution in [0.4, 0.5) is 0 Å². The predicted octanol–water partition coefficient (Wildman–Crippen LogP) is 3.67. The smallest absolute Gasteiger partial charge is 0.251 e. The largest absolute Gasteiger partial charge is 0.490 e. The van der Waals surface area contributed by atoms with Crippen molar-refractivity contribution in [2.24, 2.45) is 0 Å². The lowest BCUT2D eigenvalue weighted by Crippen LogP contribution is -2.27. The Bertz CT molecular complexity index is 676. The summed E-state index contributed by atoms with van der Waals surface area (Å²) in [4.78, 5) is 12.4. The number of hydrogen-bond acceptors (Lipinski definition) is 2. The summed E-state index contributed by atoms with van der Waals surface area (Å²) in [6, 6.07) is 15.6. The Labute approximate surface area is 130 Å². The van der Waals surface area contributed by atoms with E-state index in [1.54, 1.807) is 30.3 Å². The van der Waals surface area contributed by atoms with Crippen LogP contribution in [0.25, 0.3) is 0 Å². The maximum Gasteiger partial charge on any atom is 0.251 e. The highest BCUT2D eigenvalue weighted by molar-refractivity contribution is 5.94. The average Bonchev–Trinajstić information content (AvgIpc) is 2.96. The summed E-state index contributed by atoms with van der Waals surface area (Å²) in [5.41, 5.74) is 3.22. The summed E-state index contributed by atoms with van der Waals surface area (Å²) in [6.45, 7) is 4.07. The molecule has 0 bridgehead atoms. The van der Waals surface area contributed by atoms with E-state index in [9.17, 15) is 4.79 Å². The number of amides is 1. The molecule has 3 rings (SSSR count). The fourth-order valence-corrected chi connectivity index (χ4v) is 2.81. The van der Waals surface area contributed by atoms with Crippen LogP contribution in [-0.2, 0) is 6.42 Å². The van der Waals surface area contributed by atoms with Crippen molar-refractivity contribution >= 4 is 5.91 Å². The van der Waals surface area contributed by atoms with Gasteiger partial charge in [-0.25, -0.2) is 0 Å². The van der Waals surface area contributed by atoms with Crippen molar-refractivity contribution in [3.05, 3.63) is 77.9 Å². The average molecular weight is 293 g/mol. The predicted molar refractivity (Wildman–Crippen MR) is 87.1 cm³/mol. The number of hydrogen-bond donors (Lipinski definition) is 1. The van der Waals surface area contributed by atoms with E-state index in [-0.39, 0.29) is 11.9 Å². The lowest BCUT2D eigenvalue weighted by molar-refractivity contribution is 0.0936. The third-order valence-corrected chi connectivity index (χ3v) is 3.92. The third-order valence-electron chi connectivity index (χ3n) is 3.92. The van der Waals surface area contributed by atoms with Crippen molar-refractivity contribution in [1.82, 2.24) is 5.32 Å². The number of rotatable bonds is 5. The van der Waals surface area contributed by atoms with E-state index in [1.807, 2.05) is 12.1 Å². The van der Waals surface area contributed by atoms with Gasteiger partial charge in [0, 0.05) is 5.56 Å². The van der Waals surface area contributed by atoms with Crippen molar-refractivity contribution in [2.75, 3.05) is 6.61 Å². The highest BCUT2D eigenvalue weighted by Crippen LogP contribution is 2.30. The van der Waals surface area contributed by atoms with Crippen LogP contribution in [0.3, 0.4) is 0 Å². The van der Waals surface area contributed by atoms with Gasteiger partial charge in [0.05, 0.1) is 6.04 Å². The second kappa shape index (κ2) is 6.48. The molecule has 2 aromatic rings. The number of fused-ring (bicyclic) bond motifs is 1. The number of aryl methyl sites for hydroxylation is 1. The van der Waals surface area contributed by atoms with E-state index in [1.165, 1.54) is 11.1 Å². The van der Waals surface area contributed by atoms with E-state index in [0.29, 0.717) is 12.2 Å². The first-order chi connectivity index (χ1) is 10.8. The molecule has 0 radical (unpaired) electrons. The van der Waals surface area contributed by atoms with Gasteiger partial charge in [0.2, 0.25) is 0 Å². The van der Waals surface area contributed by atoms with E-state index in [4.69, 9.17) is 4.74 Å². The molecule has 1 aliphatic rings. The van der Waals surface area contributed by atoms with Crippen molar-refractivity contribution in [2.45, 2.75) is 18.9 Å². The van der Waals surface area contributed by atoms with Gasteiger partial charge in [0.15, 0.2) is 0 Å². The molecule has 112 valence electrons. The minimum atomic E-state index is -0.0445. The molecule has 3 nitrogen and oxygen atoms in total. The van der Waals surface area contributed by atoms with Crippen molar-refractivity contribution in [1.29, 1.82) is 0 Å². The molecule has 3 heteroatoms. The fourth-order valence-electron chi connectivity index (χ4n) is 2.81. The summed E-state index contributed by atoms with van der Waals surface area (Å²) in [6.07, 6.45) is 3.68.